The number of carbonyl (C=O) groups is 1. The summed E-state index contributed by atoms with van der Waals surface area (Å²) in [5, 5.41) is 7.76. The first-order valence-corrected chi connectivity index (χ1v) is 7.52. The van der Waals surface area contributed by atoms with Gasteiger partial charge in [0.2, 0.25) is 5.91 Å². The minimum atomic E-state index is -0.448. The topological polar surface area (TPSA) is 84.7 Å². The Hall–Kier alpha value is -3.47. The van der Waals surface area contributed by atoms with Gasteiger partial charge in [0.05, 0.1) is 17.4 Å². The molecular weight excluding hydrogens is 300 g/mol. The second-order valence-electron chi connectivity index (χ2n) is 5.47. The second-order valence-corrected chi connectivity index (χ2v) is 5.47. The summed E-state index contributed by atoms with van der Waals surface area (Å²) in [5.74, 6) is -0.448. The van der Waals surface area contributed by atoms with E-state index in [0.29, 0.717) is 5.56 Å². The minimum absolute atomic E-state index is 0.448. The predicted molar refractivity (Wildman–Crippen MR) is 93.3 cm³/mol. The largest absolute Gasteiger partial charge is 0.366 e. The first-order chi connectivity index (χ1) is 11.7. The highest BCUT2D eigenvalue weighted by Gasteiger charge is 2.14. The summed E-state index contributed by atoms with van der Waals surface area (Å²) in [6.45, 7) is 0. The van der Waals surface area contributed by atoms with E-state index in [1.807, 2.05) is 48.5 Å². The third-order valence-electron chi connectivity index (χ3n) is 3.99. The molecule has 4 aromatic rings. The molecule has 5 nitrogen and oxygen atoms in total. The molecule has 0 aliphatic rings. The van der Waals surface area contributed by atoms with Crippen LogP contribution >= 0.6 is 0 Å². The van der Waals surface area contributed by atoms with Crippen LogP contribution in [0.15, 0.2) is 67.0 Å². The number of benzene rings is 2. The number of hydrogen-bond acceptors (Lipinski definition) is 3. The Morgan fingerprint density at radius 3 is 2.58 bits per heavy atom. The number of aromatic nitrogens is 3. The number of rotatable bonds is 3. The molecule has 0 aliphatic heterocycles. The van der Waals surface area contributed by atoms with Gasteiger partial charge in [0.1, 0.15) is 0 Å². The monoisotopic (exact) mass is 314 g/mol. The van der Waals surface area contributed by atoms with Crippen LogP contribution in [-0.4, -0.2) is 21.1 Å². The van der Waals surface area contributed by atoms with Crippen LogP contribution in [0.4, 0.5) is 0 Å². The molecule has 0 unspecified atom stereocenters. The fourth-order valence-electron chi connectivity index (χ4n) is 2.87. The summed E-state index contributed by atoms with van der Waals surface area (Å²) >= 11 is 0. The van der Waals surface area contributed by atoms with Crippen LogP contribution in [0, 0.1) is 0 Å². The molecule has 0 bridgehead atoms. The highest BCUT2D eigenvalue weighted by Crippen LogP contribution is 2.33. The van der Waals surface area contributed by atoms with Crippen molar-refractivity contribution < 1.29 is 4.79 Å². The molecule has 2 aromatic heterocycles. The lowest BCUT2D eigenvalue weighted by Crippen LogP contribution is -2.12. The maximum Gasteiger partial charge on any atom is 0.249 e. The molecule has 24 heavy (non-hydrogen) atoms. The van der Waals surface area contributed by atoms with Crippen molar-refractivity contribution in [3.05, 3.63) is 72.6 Å². The molecule has 0 aliphatic carbocycles. The number of pyridine rings is 1. The number of aromatic amines is 1. The molecule has 0 spiro atoms. The average Bonchev–Trinajstić information content (AvgIpc) is 3.15. The van der Waals surface area contributed by atoms with Crippen molar-refractivity contribution in [1.82, 2.24) is 15.2 Å². The molecule has 2 aromatic carbocycles. The summed E-state index contributed by atoms with van der Waals surface area (Å²) in [4.78, 5) is 16.5. The number of nitrogens with zero attached hydrogens (tertiary/aromatic N) is 2. The lowest BCUT2D eigenvalue weighted by atomic mass is 9.95. The number of primary amides is 1. The van der Waals surface area contributed by atoms with Gasteiger partial charge in [0.15, 0.2) is 0 Å². The molecule has 0 saturated carbocycles. The van der Waals surface area contributed by atoms with E-state index in [4.69, 9.17) is 10.7 Å². The van der Waals surface area contributed by atoms with E-state index in [0.717, 1.165) is 33.3 Å². The number of nitrogens with one attached hydrogen (secondary N) is 1. The molecule has 116 valence electrons. The van der Waals surface area contributed by atoms with E-state index in [1.165, 1.54) is 0 Å². The van der Waals surface area contributed by atoms with Gasteiger partial charge in [-0.25, -0.2) is 4.98 Å². The van der Waals surface area contributed by atoms with E-state index < -0.39 is 5.91 Å². The molecular formula is C19H14N4O. The van der Waals surface area contributed by atoms with E-state index in [9.17, 15) is 4.79 Å². The number of para-hydroxylation sites is 1. The fourth-order valence-corrected chi connectivity index (χ4v) is 2.87. The van der Waals surface area contributed by atoms with Gasteiger partial charge in [-0.1, -0.05) is 36.4 Å². The summed E-state index contributed by atoms with van der Waals surface area (Å²) in [6.07, 6.45) is 3.52. The van der Waals surface area contributed by atoms with Crippen molar-refractivity contribution in [3.8, 4) is 22.4 Å². The molecule has 0 fully saturated rings. The molecule has 2 heterocycles. The highest BCUT2D eigenvalue weighted by atomic mass is 16.1. The summed E-state index contributed by atoms with van der Waals surface area (Å²) < 4.78 is 0. The molecule has 4 rings (SSSR count). The van der Waals surface area contributed by atoms with Crippen LogP contribution in [-0.2, 0) is 0 Å². The van der Waals surface area contributed by atoms with Crippen LogP contribution in [0.1, 0.15) is 10.4 Å². The minimum Gasteiger partial charge on any atom is -0.366 e. The van der Waals surface area contributed by atoms with Crippen molar-refractivity contribution >= 4 is 16.8 Å². The van der Waals surface area contributed by atoms with Crippen LogP contribution < -0.4 is 5.73 Å². The molecule has 0 saturated heterocycles. The Kier molecular flexibility index (Phi) is 3.31. The molecule has 3 N–H and O–H groups in total. The van der Waals surface area contributed by atoms with E-state index in [2.05, 4.69) is 10.2 Å². The third kappa shape index (κ3) is 2.32. The first kappa shape index (κ1) is 14.1. The van der Waals surface area contributed by atoms with Crippen molar-refractivity contribution in [2.24, 2.45) is 5.73 Å². The van der Waals surface area contributed by atoms with Crippen LogP contribution in [0.5, 0.6) is 0 Å². The Morgan fingerprint density at radius 2 is 1.79 bits per heavy atom. The van der Waals surface area contributed by atoms with Gasteiger partial charge in [-0.3, -0.25) is 9.89 Å². The predicted octanol–water partition coefficient (Wildman–Crippen LogP) is 3.39. The maximum atomic E-state index is 11.8. The number of nitrogens with two attached hydrogens (primary N) is 1. The van der Waals surface area contributed by atoms with Gasteiger partial charge < -0.3 is 5.73 Å². The zero-order chi connectivity index (χ0) is 16.5. The maximum absolute atomic E-state index is 11.8. The van der Waals surface area contributed by atoms with Gasteiger partial charge in [-0.15, -0.1) is 0 Å². The van der Waals surface area contributed by atoms with Crippen LogP contribution in [0.25, 0.3) is 33.3 Å². The molecule has 0 radical (unpaired) electrons. The fraction of sp³-hybridized carbons (Fsp3) is 0. The van der Waals surface area contributed by atoms with Crippen LogP contribution in [0.2, 0.25) is 0 Å². The standard InChI is InChI=1S/C19H14N4O/c20-19(24)15-7-2-1-5-13(15)16-9-18(12-10-21-22-11-12)23-17-8-4-3-6-14(16)17/h1-11H,(H2,20,24)(H,21,22). The lowest BCUT2D eigenvalue weighted by Gasteiger charge is -2.12. The third-order valence-corrected chi connectivity index (χ3v) is 3.99. The zero-order valence-electron chi connectivity index (χ0n) is 12.7. The van der Waals surface area contributed by atoms with Crippen molar-refractivity contribution in [2.45, 2.75) is 0 Å². The number of hydrogen-bond donors (Lipinski definition) is 2. The van der Waals surface area contributed by atoms with E-state index >= 15 is 0 Å². The number of H-pyrrole nitrogens is 1. The number of carbonyl (C=O) groups excluding carboxylic acids is 1. The molecule has 1 amide bonds. The molecule has 0 atom stereocenters. The average molecular weight is 314 g/mol. The van der Waals surface area contributed by atoms with Crippen molar-refractivity contribution in [1.29, 1.82) is 0 Å². The van der Waals surface area contributed by atoms with Gasteiger partial charge in [-0.2, -0.15) is 5.10 Å². The van der Waals surface area contributed by atoms with Crippen molar-refractivity contribution in [2.75, 3.05) is 0 Å². The normalized spacial score (nSPS) is 10.8. The zero-order valence-corrected chi connectivity index (χ0v) is 12.7. The Morgan fingerprint density at radius 1 is 1.00 bits per heavy atom. The quantitative estimate of drug-likeness (QED) is 0.608. The summed E-state index contributed by atoms with van der Waals surface area (Å²) in [5.41, 5.74) is 10.3. The number of fused-ring (bicyclic) bond motifs is 1. The van der Waals surface area contributed by atoms with Gasteiger partial charge in [0, 0.05) is 22.7 Å². The number of amides is 1. The van der Waals surface area contributed by atoms with Gasteiger partial charge in [0.25, 0.3) is 0 Å². The second kappa shape index (κ2) is 5.62. The smallest absolute Gasteiger partial charge is 0.249 e. The van der Waals surface area contributed by atoms with Gasteiger partial charge in [-0.05, 0) is 29.3 Å². The highest BCUT2D eigenvalue weighted by molar-refractivity contribution is 6.05. The Labute approximate surface area is 138 Å². The Balaban J connectivity index is 2.06. The lowest BCUT2D eigenvalue weighted by molar-refractivity contribution is 0.100. The van der Waals surface area contributed by atoms with Crippen molar-refractivity contribution in [3.63, 3.8) is 0 Å². The van der Waals surface area contributed by atoms with E-state index in [-0.39, 0.29) is 0 Å². The van der Waals surface area contributed by atoms with Gasteiger partial charge >= 0.3 is 0 Å². The van der Waals surface area contributed by atoms with Crippen LogP contribution in [0.3, 0.4) is 0 Å². The summed E-state index contributed by atoms with van der Waals surface area (Å²) in [6, 6.07) is 17.2. The van der Waals surface area contributed by atoms with E-state index in [1.54, 1.807) is 18.5 Å². The first-order valence-electron chi connectivity index (χ1n) is 7.52. The summed E-state index contributed by atoms with van der Waals surface area (Å²) in [7, 11) is 0. The Bertz CT molecular complexity index is 1040. The SMILES string of the molecule is NC(=O)c1ccccc1-c1cc(-c2cn[nH]c2)nc2ccccc12. The molecule has 5 heteroatoms.